The van der Waals surface area contributed by atoms with Crippen molar-refractivity contribution in [3.63, 3.8) is 0 Å². The maximum Gasteiger partial charge on any atom is 0.261 e. The molecule has 2 N–H and O–H groups in total. The number of anilines is 1. The van der Waals surface area contributed by atoms with Crippen molar-refractivity contribution in [3.8, 4) is 5.75 Å². The molecular formula is C18H20N2O4S. The van der Waals surface area contributed by atoms with Crippen molar-refractivity contribution < 1.29 is 17.9 Å². The van der Waals surface area contributed by atoms with Crippen molar-refractivity contribution in [2.75, 3.05) is 17.9 Å². The molecule has 0 radical (unpaired) electrons. The van der Waals surface area contributed by atoms with E-state index in [1.54, 1.807) is 36.4 Å². The van der Waals surface area contributed by atoms with Crippen LogP contribution in [-0.4, -0.2) is 27.5 Å². The average molecular weight is 360 g/mol. The predicted octanol–water partition coefficient (Wildman–Crippen LogP) is 2.80. The Hall–Kier alpha value is -2.80. The Morgan fingerprint density at radius 1 is 1.20 bits per heavy atom. The fourth-order valence-electron chi connectivity index (χ4n) is 2.09. The lowest BCUT2D eigenvalue weighted by atomic mass is 10.2. The molecule has 2 aromatic carbocycles. The Balaban J connectivity index is 2.17. The number of sulfonamides is 1. The molecule has 132 valence electrons. The third-order valence-corrected chi connectivity index (χ3v) is 4.63. The molecule has 0 aromatic heterocycles. The van der Waals surface area contributed by atoms with Crippen molar-refractivity contribution in [2.24, 2.45) is 0 Å². The fraction of sp³-hybridized carbons (Fsp3) is 0.167. The van der Waals surface area contributed by atoms with Crippen molar-refractivity contribution in [2.45, 2.75) is 11.8 Å². The molecule has 6 nitrogen and oxygen atoms in total. The van der Waals surface area contributed by atoms with Gasteiger partial charge in [0, 0.05) is 17.8 Å². The topological polar surface area (TPSA) is 84.5 Å². The number of carbonyl (C=O) groups excluding carboxylic acids is 1. The van der Waals surface area contributed by atoms with E-state index in [1.807, 2.05) is 6.92 Å². The average Bonchev–Trinajstić information content (AvgIpc) is 2.60. The van der Waals surface area contributed by atoms with E-state index in [-0.39, 0.29) is 10.8 Å². The summed E-state index contributed by atoms with van der Waals surface area (Å²) in [7, 11) is -3.76. The second-order valence-corrected chi connectivity index (χ2v) is 6.77. The standard InChI is InChI=1S/C18H20N2O4S/c1-3-12-19-18(21)14-6-5-7-15(13-14)20-25(22,23)17-10-8-16(9-11-17)24-4-2/h3,5-11,13,20H,1,4,12H2,2H3,(H,19,21). The smallest absolute Gasteiger partial charge is 0.261 e. The Morgan fingerprint density at radius 3 is 2.56 bits per heavy atom. The molecule has 1 amide bonds. The van der Waals surface area contributed by atoms with Crippen LogP contribution in [0.4, 0.5) is 5.69 Å². The van der Waals surface area contributed by atoms with Crippen LogP contribution in [0.5, 0.6) is 5.75 Å². The summed E-state index contributed by atoms with van der Waals surface area (Å²) in [6.45, 7) is 6.22. The van der Waals surface area contributed by atoms with E-state index in [0.29, 0.717) is 30.2 Å². The number of rotatable bonds is 8. The highest BCUT2D eigenvalue weighted by atomic mass is 32.2. The first kappa shape index (κ1) is 18.5. The van der Waals surface area contributed by atoms with Crippen LogP contribution in [0.1, 0.15) is 17.3 Å². The van der Waals surface area contributed by atoms with Crippen molar-refractivity contribution in [1.29, 1.82) is 0 Å². The van der Waals surface area contributed by atoms with Gasteiger partial charge in [0.25, 0.3) is 15.9 Å². The predicted molar refractivity (Wildman–Crippen MR) is 97.4 cm³/mol. The largest absolute Gasteiger partial charge is 0.494 e. The van der Waals surface area contributed by atoms with Crippen LogP contribution in [-0.2, 0) is 10.0 Å². The molecule has 0 unspecified atom stereocenters. The lowest BCUT2D eigenvalue weighted by molar-refractivity contribution is 0.0958. The molecule has 0 saturated heterocycles. The highest BCUT2D eigenvalue weighted by Gasteiger charge is 2.15. The van der Waals surface area contributed by atoms with Crippen LogP contribution >= 0.6 is 0 Å². The van der Waals surface area contributed by atoms with Gasteiger partial charge in [0.05, 0.1) is 11.5 Å². The summed E-state index contributed by atoms with van der Waals surface area (Å²) >= 11 is 0. The molecule has 0 aliphatic heterocycles. The van der Waals surface area contributed by atoms with Gasteiger partial charge < -0.3 is 10.1 Å². The molecular weight excluding hydrogens is 340 g/mol. The highest BCUT2D eigenvalue weighted by Crippen LogP contribution is 2.20. The number of nitrogens with one attached hydrogen (secondary N) is 2. The van der Waals surface area contributed by atoms with E-state index in [9.17, 15) is 13.2 Å². The number of carbonyl (C=O) groups is 1. The summed E-state index contributed by atoms with van der Waals surface area (Å²) in [5.41, 5.74) is 0.661. The molecule has 0 saturated carbocycles. The zero-order valence-corrected chi connectivity index (χ0v) is 14.7. The lowest BCUT2D eigenvalue weighted by Gasteiger charge is -2.10. The third kappa shape index (κ3) is 5.09. The van der Waals surface area contributed by atoms with Crippen LogP contribution in [0.2, 0.25) is 0 Å². The molecule has 2 rings (SSSR count). The van der Waals surface area contributed by atoms with Gasteiger partial charge in [0.1, 0.15) is 5.75 Å². The number of ether oxygens (including phenoxy) is 1. The summed E-state index contributed by atoms with van der Waals surface area (Å²) in [4.78, 5) is 12.0. The molecule has 25 heavy (non-hydrogen) atoms. The van der Waals surface area contributed by atoms with E-state index in [2.05, 4.69) is 16.6 Å². The zero-order chi connectivity index (χ0) is 18.3. The summed E-state index contributed by atoms with van der Waals surface area (Å²) in [5.74, 6) is 0.296. The van der Waals surface area contributed by atoms with E-state index in [0.717, 1.165) is 0 Å². The second-order valence-electron chi connectivity index (χ2n) is 5.09. The first-order valence-electron chi connectivity index (χ1n) is 7.71. The second kappa shape index (κ2) is 8.34. The van der Waals surface area contributed by atoms with Gasteiger partial charge >= 0.3 is 0 Å². The molecule has 0 bridgehead atoms. The minimum absolute atomic E-state index is 0.109. The minimum Gasteiger partial charge on any atom is -0.494 e. The summed E-state index contributed by atoms with van der Waals surface area (Å²) in [6.07, 6.45) is 1.57. The van der Waals surface area contributed by atoms with Gasteiger partial charge in [0.15, 0.2) is 0 Å². The molecule has 0 fully saturated rings. The van der Waals surface area contributed by atoms with Gasteiger partial charge in [-0.15, -0.1) is 6.58 Å². The van der Waals surface area contributed by atoms with Gasteiger partial charge in [-0.05, 0) is 49.4 Å². The lowest BCUT2D eigenvalue weighted by Crippen LogP contribution is -2.23. The molecule has 0 spiro atoms. The molecule has 2 aromatic rings. The number of hydrogen-bond donors (Lipinski definition) is 2. The van der Waals surface area contributed by atoms with Gasteiger partial charge in [-0.1, -0.05) is 12.1 Å². The third-order valence-electron chi connectivity index (χ3n) is 3.23. The van der Waals surface area contributed by atoms with Gasteiger partial charge in [-0.2, -0.15) is 0 Å². The van der Waals surface area contributed by atoms with Crippen LogP contribution in [0, 0.1) is 0 Å². The summed E-state index contributed by atoms with van der Waals surface area (Å²) in [5, 5.41) is 2.64. The van der Waals surface area contributed by atoms with Gasteiger partial charge in [-0.3, -0.25) is 9.52 Å². The Morgan fingerprint density at radius 2 is 1.92 bits per heavy atom. The number of hydrogen-bond acceptors (Lipinski definition) is 4. The van der Waals surface area contributed by atoms with Crippen molar-refractivity contribution in [3.05, 3.63) is 66.7 Å². The molecule has 0 heterocycles. The molecule has 0 aliphatic rings. The molecule has 0 atom stereocenters. The highest BCUT2D eigenvalue weighted by molar-refractivity contribution is 7.92. The SMILES string of the molecule is C=CCNC(=O)c1cccc(NS(=O)(=O)c2ccc(OCC)cc2)c1. The van der Waals surface area contributed by atoms with E-state index >= 15 is 0 Å². The monoisotopic (exact) mass is 360 g/mol. The zero-order valence-electron chi connectivity index (χ0n) is 13.9. The first-order valence-corrected chi connectivity index (χ1v) is 9.19. The molecule has 0 aliphatic carbocycles. The first-order chi connectivity index (χ1) is 12.0. The van der Waals surface area contributed by atoms with Crippen LogP contribution < -0.4 is 14.8 Å². The van der Waals surface area contributed by atoms with Crippen molar-refractivity contribution >= 4 is 21.6 Å². The van der Waals surface area contributed by atoms with Crippen LogP contribution in [0.25, 0.3) is 0 Å². The van der Waals surface area contributed by atoms with E-state index < -0.39 is 10.0 Å². The molecule has 7 heteroatoms. The Labute approximate surface area is 147 Å². The maximum atomic E-state index is 12.5. The summed E-state index contributed by atoms with van der Waals surface area (Å²) < 4.78 is 32.7. The van der Waals surface area contributed by atoms with Crippen LogP contribution in [0.15, 0.2) is 66.1 Å². The normalized spacial score (nSPS) is 10.8. The van der Waals surface area contributed by atoms with Crippen LogP contribution in [0.3, 0.4) is 0 Å². The maximum absolute atomic E-state index is 12.5. The Bertz CT molecular complexity index is 846. The Kier molecular flexibility index (Phi) is 6.19. The summed E-state index contributed by atoms with van der Waals surface area (Å²) in [6, 6.07) is 12.4. The minimum atomic E-state index is -3.76. The fourth-order valence-corrected chi connectivity index (χ4v) is 3.14. The number of benzene rings is 2. The van der Waals surface area contributed by atoms with Gasteiger partial charge in [-0.25, -0.2) is 8.42 Å². The van der Waals surface area contributed by atoms with Crippen molar-refractivity contribution in [1.82, 2.24) is 5.32 Å². The van der Waals surface area contributed by atoms with E-state index in [4.69, 9.17) is 4.74 Å². The number of amides is 1. The van der Waals surface area contributed by atoms with Gasteiger partial charge in [0.2, 0.25) is 0 Å². The quantitative estimate of drug-likeness (QED) is 0.709. The van der Waals surface area contributed by atoms with E-state index in [1.165, 1.54) is 18.2 Å².